The van der Waals surface area contributed by atoms with Crippen LogP contribution >= 0.6 is 0 Å². The first-order valence-corrected chi connectivity index (χ1v) is 9.51. The van der Waals surface area contributed by atoms with Crippen molar-refractivity contribution in [1.29, 1.82) is 0 Å². The molecule has 0 amide bonds. The predicted octanol–water partition coefficient (Wildman–Crippen LogP) is 2.09. The van der Waals surface area contributed by atoms with Crippen molar-refractivity contribution in [2.45, 2.75) is 40.5 Å². The van der Waals surface area contributed by atoms with Crippen molar-refractivity contribution < 1.29 is 9.47 Å². The van der Waals surface area contributed by atoms with Gasteiger partial charge in [-0.2, -0.15) is 0 Å². The van der Waals surface area contributed by atoms with E-state index in [9.17, 15) is 0 Å². The highest BCUT2D eigenvalue weighted by atomic mass is 16.5. The summed E-state index contributed by atoms with van der Waals surface area (Å²) in [6, 6.07) is 0. The fraction of sp³-hybridized carbons (Fsp3) is 1.00. The maximum atomic E-state index is 5.64. The lowest BCUT2D eigenvalue weighted by Gasteiger charge is -2.17. The van der Waals surface area contributed by atoms with E-state index >= 15 is 0 Å². The van der Waals surface area contributed by atoms with E-state index in [2.05, 4.69) is 42.8 Å². The summed E-state index contributed by atoms with van der Waals surface area (Å²) >= 11 is 0. The minimum atomic E-state index is 0.825. The summed E-state index contributed by atoms with van der Waals surface area (Å²) < 4.78 is 11.3. The molecule has 0 aliphatic rings. The van der Waals surface area contributed by atoms with Crippen LogP contribution < -0.4 is 5.32 Å². The quantitative estimate of drug-likeness (QED) is 0.361. The molecule has 139 valence electrons. The molecule has 0 fully saturated rings. The van der Waals surface area contributed by atoms with E-state index in [0.717, 1.165) is 91.6 Å². The van der Waals surface area contributed by atoms with Crippen LogP contribution in [0.1, 0.15) is 40.5 Å². The molecule has 0 saturated carbocycles. The summed E-state index contributed by atoms with van der Waals surface area (Å²) in [7, 11) is 0. The third-order valence-corrected chi connectivity index (χ3v) is 4.10. The van der Waals surface area contributed by atoms with Crippen LogP contribution in [-0.4, -0.2) is 88.6 Å². The molecule has 0 saturated heterocycles. The van der Waals surface area contributed by atoms with Gasteiger partial charge in [-0.15, -0.1) is 0 Å². The van der Waals surface area contributed by atoms with Crippen molar-refractivity contribution in [3.63, 3.8) is 0 Å². The second-order valence-corrected chi connectivity index (χ2v) is 5.66. The molecule has 0 aromatic rings. The average molecular weight is 331 g/mol. The second-order valence-electron chi connectivity index (χ2n) is 5.66. The normalized spacial score (nSPS) is 11.7. The average Bonchev–Trinajstić information content (AvgIpc) is 2.59. The van der Waals surface area contributed by atoms with Gasteiger partial charge in [0, 0.05) is 39.4 Å². The highest BCUT2D eigenvalue weighted by Crippen LogP contribution is 1.90. The molecule has 0 unspecified atom stereocenters. The lowest BCUT2D eigenvalue weighted by atomic mass is 10.4. The Bertz CT molecular complexity index is 200. The number of likely N-dealkylation sites (N-methyl/N-ethyl adjacent to an activating group) is 2. The Hall–Kier alpha value is -0.200. The predicted molar refractivity (Wildman–Crippen MR) is 98.3 cm³/mol. The maximum Gasteiger partial charge on any atom is 0.0593 e. The van der Waals surface area contributed by atoms with Gasteiger partial charge in [0.2, 0.25) is 0 Å². The molecule has 5 nitrogen and oxygen atoms in total. The Balaban J connectivity index is 3.13. The zero-order valence-corrected chi connectivity index (χ0v) is 16.1. The summed E-state index contributed by atoms with van der Waals surface area (Å²) in [5, 5.41) is 4.52. The van der Waals surface area contributed by atoms with Crippen molar-refractivity contribution >= 4 is 0 Å². The molecule has 1 radical (unpaired) electrons. The third-order valence-electron chi connectivity index (χ3n) is 4.10. The Labute approximate surface area is 144 Å². The Kier molecular flexibility index (Phi) is 18.0. The SMILES string of the molecule is CCN(CC)CCOCCC[N]CCCOCCN(CC)CC. The molecule has 0 bridgehead atoms. The van der Waals surface area contributed by atoms with Crippen molar-refractivity contribution in [3.05, 3.63) is 0 Å². The van der Waals surface area contributed by atoms with Gasteiger partial charge in [-0.1, -0.05) is 27.7 Å². The molecule has 0 spiro atoms. The van der Waals surface area contributed by atoms with Crippen molar-refractivity contribution in [2.24, 2.45) is 0 Å². The molecule has 5 heteroatoms. The van der Waals surface area contributed by atoms with E-state index in [4.69, 9.17) is 9.47 Å². The summed E-state index contributed by atoms with van der Waals surface area (Å²) in [6.07, 6.45) is 2.06. The molecule has 0 heterocycles. The summed E-state index contributed by atoms with van der Waals surface area (Å²) in [4.78, 5) is 4.76. The first kappa shape index (κ1) is 22.8. The zero-order valence-electron chi connectivity index (χ0n) is 16.1. The van der Waals surface area contributed by atoms with Gasteiger partial charge in [-0.05, 0) is 39.0 Å². The van der Waals surface area contributed by atoms with Gasteiger partial charge in [-0.3, -0.25) is 0 Å². The number of rotatable bonds is 18. The minimum Gasteiger partial charge on any atom is -0.380 e. The molecule has 0 N–H and O–H groups in total. The molecule has 0 aromatic carbocycles. The van der Waals surface area contributed by atoms with E-state index < -0.39 is 0 Å². The Morgan fingerprint density at radius 3 is 1.35 bits per heavy atom. The van der Waals surface area contributed by atoms with Gasteiger partial charge < -0.3 is 19.3 Å². The number of nitrogens with zero attached hydrogens (tertiary/aromatic N) is 3. The van der Waals surface area contributed by atoms with E-state index in [0.29, 0.717) is 0 Å². The van der Waals surface area contributed by atoms with Gasteiger partial charge >= 0.3 is 0 Å². The van der Waals surface area contributed by atoms with Crippen LogP contribution in [0.4, 0.5) is 0 Å². The van der Waals surface area contributed by atoms with Crippen molar-refractivity contribution in [2.75, 3.05) is 78.8 Å². The van der Waals surface area contributed by atoms with Crippen LogP contribution in [0.25, 0.3) is 0 Å². The van der Waals surface area contributed by atoms with Gasteiger partial charge in [0.25, 0.3) is 0 Å². The Morgan fingerprint density at radius 2 is 1.00 bits per heavy atom. The van der Waals surface area contributed by atoms with Gasteiger partial charge in [0.1, 0.15) is 0 Å². The molecule has 0 aliphatic heterocycles. The van der Waals surface area contributed by atoms with Gasteiger partial charge in [0.15, 0.2) is 0 Å². The van der Waals surface area contributed by atoms with Gasteiger partial charge in [-0.25, -0.2) is 5.32 Å². The van der Waals surface area contributed by atoms with Crippen LogP contribution in [0.3, 0.4) is 0 Å². The van der Waals surface area contributed by atoms with Crippen LogP contribution in [0, 0.1) is 0 Å². The molecular weight excluding hydrogens is 290 g/mol. The highest BCUT2D eigenvalue weighted by molar-refractivity contribution is 4.52. The topological polar surface area (TPSA) is 39.0 Å². The first-order valence-electron chi connectivity index (χ1n) is 9.51. The largest absolute Gasteiger partial charge is 0.380 e. The monoisotopic (exact) mass is 330 g/mol. The molecule has 0 aromatic heterocycles. The smallest absolute Gasteiger partial charge is 0.0593 e. The van der Waals surface area contributed by atoms with E-state index in [1.807, 2.05) is 0 Å². The van der Waals surface area contributed by atoms with Crippen LogP contribution in [0.15, 0.2) is 0 Å². The van der Waals surface area contributed by atoms with Crippen LogP contribution in [0.2, 0.25) is 0 Å². The zero-order chi connectivity index (χ0) is 17.2. The van der Waals surface area contributed by atoms with Crippen molar-refractivity contribution in [3.8, 4) is 0 Å². The molecular formula is C18H40N3O2. The summed E-state index contributed by atoms with van der Waals surface area (Å²) in [5.41, 5.74) is 0. The molecule has 0 atom stereocenters. The summed E-state index contributed by atoms with van der Waals surface area (Å²) in [5.74, 6) is 0. The van der Waals surface area contributed by atoms with E-state index in [-0.39, 0.29) is 0 Å². The standard InChI is InChI=1S/C18H40N3O2/c1-5-20(6-2)13-17-22-15-9-11-19-12-10-16-23-18-14-21(7-3)8-4/h5-18H2,1-4H3. The van der Waals surface area contributed by atoms with Crippen molar-refractivity contribution in [1.82, 2.24) is 15.1 Å². The van der Waals surface area contributed by atoms with Crippen LogP contribution in [-0.2, 0) is 9.47 Å². The fourth-order valence-corrected chi connectivity index (χ4v) is 2.34. The molecule has 0 aliphatic carbocycles. The fourth-order valence-electron chi connectivity index (χ4n) is 2.34. The minimum absolute atomic E-state index is 0.825. The molecule has 23 heavy (non-hydrogen) atoms. The number of ether oxygens (including phenoxy) is 2. The maximum absolute atomic E-state index is 5.64. The van der Waals surface area contributed by atoms with E-state index in [1.165, 1.54) is 0 Å². The number of hydrogen-bond acceptors (Lipinski definition) is 4. The van der Waals surface area contributed by atoms with Crippen LogP contribution in [0.5, 0.6) is 0 Å². The lowest BCUT2D eigenvalue weighted by Crippen LogP contribution is -2.27. The van der Waals surface area contributed by atoms with Gasteiger partial charge in [0.05, 0.1) is 13.2 Å². The summed E-state index contributed by atoms with van der Waals surface area (Å²) in [6.45, 7) is 20.4. The second kappa shape index (κ2) is 18.1. The van der Waals surface area contributed by atoms with E-state index in [1.54, 1.807) is 0 Å². The lowest BCUT2D eigenvalue weighted by molar-refractivity contribution is 0.102. The Morgan fingerprint density at radius 1 is 0.609 bits per heavy atom. The molecule has 0 rings (SSSR count). The first-order chi connectivity index (χ1) is 11.3. The highest BCUT2D eigenvalue weighted by Gasteiger charge is 1.99. The number of hydrogen-bond donors (Lipinski definition) is 0. The third kappa shape index (κ3) is 15.1.